The molecule has 2 rings (SSSR count). The summed E-state index contributed by atoms with van der Waals surface area (Å²) < 4.78 is 0. The molecule has 1 aromatic carbocycles. The molecule has 1 fully saturated rings. The molecule has 104 valence electrons. The SMILES string of the molecule is Cc1ccccc1CC(=O)N1CCCCC1C(C)N. The summed E-state index contributed by atoms with van der Waals surface area (Å²) >= 11 is 0. The number of hydrogen-bond acceptors (Lipinski definition) is 2. The Morgan fingerprint density at radius 2 is 2.16 bits per heavy atom. The van der Waals surface area contributed by atoms with Crippen LogP contribution in [0.25, 0.3) is 0 Å². The Morgan fingerprint density at radius 3 is 2.84 bits per heavy atom. The summed E-state index contributed by atoms with van der Waals surface area (Å²) in [7, 11) is 0. The Morgan fingerprint density at radius 1 is 1.42 bits per heavy atom. The summed E-state index contributed by atoms with van der Waals surface area (Å²) in [5, 5.41) is 0. The van der Waals surface area contributed by atoms with Crippen LogP contribution < -0.4 is 5.73 Å². The minimum atomic E-state index is 0.0566. The van der Waals surface area contributed by atoms with Gasteiger partial charge in [0.2, 0.25) is 5.91 Å². The van der Waals surface area contributed by atoms with Gasteiger partial charge in [-0.15, -0.1) is 0 Å². The molecule has 1 aliphatic heterocycles. The van der Waals surface area contributed by atoms with Gasteiger partial charge in [-0.1, -0.05) is 24.3 Å². The monoisotopic (exact) mass is 260 g/mol. The standard InChI is InChI=1S/C16H24N2O/c1-12-7-3-4-8-14(12)11-16(19)18-10-6-5-9-15(18)13(2)17/h3-4,7-8,13,15H,5-6,9-11,17H2,1-2H3. The molecule has 3 nitrogen and oxygen atoms in total. The van der Waals surface area contributed by atoms with Crippen LogP contribution in [0.4, 0.5) is 0 Å². The minimum Gasteiger partial charge on any atom is -0.338 e. The fourth-order valence-electron chi connectivity index (χ4n) is 2.89. The summed E-state index contributed by atoms with van der Waals surface area (Å²) in [6, 6.07) is 8.37. The van der Waals surface area contributed by atoms with Crippen molar-refractivity contribution in [3.63, 3.8) is 0 Å². The van der Waals surface area contributed by atoms with Gasteiger partial charge >= 0.3 is 0 Å². The van der Waals surface area contributed by atoms with E-state index in [1.165, 1.54) is 12.0 Å². The normalized spacial score (nSPS) is 21.2. The number of piperidine rings is 1. The third-order valence-corrected chi connectivity index (χ3v) is 4.08. The number of amides is 1. The maximum atomic E-state index is 12.5. The Bertz CT molecular complexity index is 442. The lowest BCUT2D eigenvalue weighted by atomic mass is 9.95. The molecular weight excluding hydrogens is 236 g/mol. The van der Waals surface area contributed by atoms with Crippen LogP contribution >= 0.6 is 0 Å². The largest absolute Gasteiger partial charge is 0.338 e. The molecule has 1 aliphatic rings. The zero-order valence-electron chi connectivity index (χ0n) is 11.9. The maximum absolute atomic E-state index is 12.5. The average molecular weight is 260 g/mol. The molecule has 0 bridgehead atoms. The van der Waals surface area contributed by atoms with Crippen molar-refractivity contribution in [1.82, 2.24) is 4.90 Å². The lowest BCUT2D eigenvalue weighted by Gasteiger charge is -2.38. The van der Waals surface area contributed by atoms with Crippen molar-refractivity contribution in [2.24, 2.45) is 5.73 Å². The fourth-order valence-corrected chi connectivity index (χ4v) is 2.89. The van der Waals surface area contributed by atoms with Crippen molar-refractivity contribution < 1.29 is 4.79 Å². The highest BCUT2D eigenvalue weighted by Gasteiger charge is 2.29. The molecule has 1 saturated heterocycles. The zero-order chi connectivity index (χ0) is 13.8. The van der Waals surface area contributed by atoms with Crippen molar-refractivity contribution in [2.45, 2.75) is 51.6 Å². The van der Waals surface area contributed by atoms with Gasteiger partial charge in [0, 0.05) is 18.6 Å². The highest BCUT2D eigenvalue weighted by Crippen LogP contribution is 2.20. The van der Waals surface area contributed by atoms with Crippen molar-refractivity contribution in [2.75, 3.05) is 6.54 Å². The summed E-state index contributed by atoms with van der Waals surface area (Å²) in [5.74, 6) is 0.219. The Labute approximate surface area is 115 Å². The van der Waals surface area contributed by atoms with Crippen molar-refractivity contribution in [1.29, 1.82) is 0 Å². The Kier molecular flexibility index (Phi) is 4.59. The first-order chi connectivity index (χ1) is 9.09. The van der Waals surface area contributed by atoms with Gasteiger partial charge < -0.3 is 10.6 Å². The second-order valence-electron chi connectivity index (χ2n) is 5.61. The molecule has 19 heavy (non-hydrogen) atoms. The second kappa shape index (κ2) is 6.20. The number of likely N-dealkylation sites (tertiary alicyclic amines) is 1. The van der Waals surface area contributed by atoms with Crippen LogP contribution in [-0.2, 0) is 11.2 Å². The van der Waals surface area contributed by atoms with Crippen molar-refractivity contribution >= 4 is 5.91 Å². The van der Waals surface area contributed by atoms with Gasteiger partial charge in [0.1, 0.15) is 0 Å². The van der Waals surface area contributed by atoms with Gasteiger partial charge in [-0.05, 0) is 44.2 Å². The Hall–Kier alpha value is -1.35. The number of hydrogen-bond donors (Lipinski definition) is 1. The maximum Gasteiger partial charge on any atom is 0.227 e. The topological polar surface area (TPSA) is 46.3 Å². The van der Waals surface area contributed by atoms with E-state index < -0.39 is 0 Å². The first-order valence-corrected chi connectivity index (χ1v) is 7.19. The van der Waals surface area contributed by atoms with E-state index >= 15 is 0 Å². The van der Waals surface area contributed by atoms with Gasteiger partial charge in [-0.2, -0.15) is 0 Å². The number of carbonyl (C=O) groups excluding carboxylic acids is 1. The number of aryl methyl sites for hydroxylation is 1. The average Bonchev–Trinajstić information content (AvgIpc) is 2.41. The second-order valence-corrected chi connectivity index (χ2v) is 5.61. The smallest absolute Gasteiger partial charge is 0.227 e. The summed E-state index contributed by atoms with van der Waals surface area (Å²) in [6.07, 6.45) is 3.82. The molecule has 0 saturated carbocycles. The van der Waals surface area contributed by atoms with Gasteiger partial charge in [0.05, 0.1) is 6.42 Å². The van der Waals surface area contributed by atoms with E-state index in [9.17, 15) is 4.79 Å². The van der Waals surface area contributed by atoms with Crippen LogP contribution in [-0.4, -0.2) is 29.4 Å². The van der Waals surface area contributed by atoms with E-state index in [1.54, 1.807) is 0 Å². The van der Waals surface area contributed by atoms with E-state index in [4.69, 9.17) is 5.73 Å². The molecule has 1 amide bonds. The highest BCUT2D eigenvalue weighted by molar-refractivity contribution is 5.79. The first-order valence-electron chi connectivity index (χ1n) is 7.19. The van der Waals surface area contributed by atoms with E-state index in [-0.39, 0.29) is 18.0 Å². The molecule has 3 heteroatoms. The minimum absolute atomic E-state index is 0.0566. The summed E-state index contributed by atoms with van der Waals surface area (Å²) in [4.78, 5) is 14.5. The lowest BCUT2D eigenvalue weighted by Crippen LogP contribution is -2.52. The highest BCUT2D eigenvalue weighted by atomic mass is 16.2. The molecule has 1 aromatic rings. The molecule has 2 unspecified atom stereocenters. The van der Waals surface area contributed by atoms with Gasteiger partial charge in [-0.25, -0.2) is 0 Å². The third-order valence-electron chi connectivity index (χ3n) is 4.08. The van der Waals surface area contributed by atoms with Crippen LogP contribution in [0.2, 0.25) is 0 Å². The van der Waals surface area contributed by atoms with Crippen LogP contribution in [0.5, 0.6) is 0 Å². The molecule has 1 heterocycles. The lowest BCUT2D eigenvalue weighted by molar-refractivity contribution is -0.134. The molecule has 0 spiro atoms. The van der Waals surface area contributed by atoms with Gasteiger partial charge in [-0.3, -0.25) is 4.79 Å². The number of nitrogens with zero attached hydrogens (tertiary/aromatic N) is 1. The van der Waals surface area contributed by atoms with E-state index in [2.05, 4.69) is 13.0 Å². The van der Waals surface area contributed by atoms with Gasteiger partial charge in [0.25, 0.3) is 0 Å². The van der Waals surface area contributed by atoms with Crippen LogP contribution in [0.3, 0.4) is 0 Å². The fraction of sp³-hybridized carbons (Fsp3) is 0.562. The quantitative estimate of drug-likeness (QED) is 0.906. The van der Waals surface area contributed by atoms with Gasteiger partial charge in [0.15, 0.2) is 0 Å². The molecule has 0 radical (unpaired) electrons. The van der Waals surface area contributed by atoms with Crippen LogP contribution in [0.15, 0.2) is 24.3 Å². The van der Waals surface area contributed by atoms with Crippen molar-refractivity contribution in [3.05, 3.63) is 35.4 Å². The molecule has 2 N–H and O–H groups in total. The zero-order valence-corrected chi connectivity index (χ0v) is 11.9. The van der Waals surface area contributed by atoms with E-state index in [1.807, 2.05) is 30.0 Å². The molecular formula is C16H24N2O. The number of benzene rings is 1. The number of carbonyl (C=O) groups is 1. The molecule has 2 atom stereocenters. The van der Waals surface area contributed by atoms with Crippen LogP contribution in [0, 0.1) is 6.92 Å². The summed E-state index contributed by atoms with van der Waals surface area (Å²) in [5.41, 5.74) is 8.34. The number of rotatable bonds is 3. The Balaban J connectivity index is 2.08. The molecule has 0 aromatic heterocycles. The predicted molar refractivity (Wildman–Crippen MR) is 77.9 cm³/mol. The number of nitrogens with two attached hydrogens (primary N) is 1. The first kappa shape index (κ1) is 14.1. The summed E-state index contributed by atoms with van der Waals surface area (Å²) in [6.45, 7) is 4.92. The molecule has 0 aliphatic carbocycles. The van der Waals surface area contributed by atoms with E-state index in [0.29, 0.717) is 6.42 Å². The third kappa shape index (κ3) is 3.35. The predicted octanol–water partition coefficient (Wildman–Crippen LogP) is 2.27. The van der Waals surface area contributed by atoms with Crippen molar-refractivity contribution in [3.8, 4) is 0 Å². The van der Waals surface area contributed by atoms with E-state index in [0.717, 1.165) is 24.9 Å². The van der Waals surface area contributed by atoms with Crippen LogP contribution in [0.1, 0.15) is 37.3 Å².